The van der Waals surface area contributed by atoms with Crippen LogP contribution in [0.5, 0.6) is 0 Å². The highest BCUT2D eigenvalue weighted by molar-refractivity contribution is 7.89. The summed E-state index contributed by atoms with van der Waals surface area (Å²) in [4.78, 5) is 4.30. The third-order valence-electron chi connectivity index (χ3n) is 4.88. The van der Waals surface area contributed by atoms with Gasteiger partial charge in [0.15, 0.2) is 5.03 Å². The predicted octanol–water partition coefficient (Wildman–Crippen LogP) is 1.97. The molecule has 0 atom stereocenters. The molecule has 2 heterocycles. The first kappa shape index (κ1) is 18.7. The van der Waals surface area contributed by atoms with Crippen molar-refractivity contribution < 1.29 is 8.42 Å². The van der Waals surface area contributed by atoms with Gasteiger partial charge in [-0.15, -0.1) is 12.4 Å². The van der Waals surface area contributed by atoms with E-state index in [0.717, 1.165) is 57.3 Å². The number of rotatable bonds is 4. The number of sulfonamides is 1. The maximum absolute atomic E-state index is 12.5. The van der Waals surface area contributed by atoms with E-state index in [4.69, 9.17) is 5.73 Å². The Morgan fingerprint density at radius 2 is 1.87 bits per heavy atom. The van der Waals surface area contributed by atoms with Crippen LogP contribution >= 0.6 is 12.4 Å². The number of fused-ring (bicyclic) bond motifs is 1. The molecule has 3 N–H and O–H groups in total. The molecular formula is C15H27ClN4O2S. The second-order valence-electron chi connectivity index (χ2n) is 6.75. The van der Waals surface area contributed by atoms with E-state index in [-0.39, 0.29) is 17.4 Å². The second kappa shape index (κ2) is 7.51. The minimum absolute atomic E-state index is 0. The van der Waals surface area contributed by atoms with Crippen molar-refractivity contribution in [2.24, 2.45) is 5.73 Å². The molecular weight excluding hydrogens is 336 g/mol. The maximum Gasteiger partial charge on any atom is 0.259 e. The molecule has 1 fully saturated rings. The predicted molar refractivity (Wildman–Crippen MR) is 92.2 cm³/mol. The molecule has 1 aromatic rings. The molecule has 0 amide bonds. The van der Waals surface area contributed by atoms with Gasteiger partial charge in [0.05, 0.1) is 0 Å². The van der Waals surface area contributed by atoms with Crippen LogP contribution in [0.15, 0.2) is 11.2 Å². The maximum atomic E-state index is 12.5. The summed E-state index contributed by atoms with van der Waals surface area (Å²) in [6.45, 7) is 1.16. The highest BCUT2D eigenvalue weighted by Crippen LogP contribution is 2.25. The molecule has 3 rings (SSSR count). The highest BCUT2D eigenvalue weighted by Gasteiger charge is 2.29. The van der Waals surface area contributed by atoms with E-state index in [1.165, 1.54) is 12.8 Å². The molecule has 8 heteroatoms. The first-order chi connectivity index (χ1) is 10.5. The molecule has 1 saturated carbocycles. The first-order valence-electron chi connectivity index (χ1n) is 8.33. The van der Waals surface area contributed by atoms with Crippen LogP contribution in [0.2, 0.25) is 0 Å². The molecule has 1 aliphatic heterocycles. The summed E-state index contributed by atoms with van der Waals surface area (Å²) in [5.41, 5.74) is 5.98. The van der Waals surface area contributed by atoms with Crippen molar-refractivity contribution in [3.63, 3.8) is 0 Å². The average Bonchev–Trinajstić information content (AvgIpc) is 2.83. The van der Waals surface area contributed by atoms with Crippen molar-refractivity contribution in [2.45, 2.75) is 74.9 Å². The van der Waals surface area contributed by atoms with E-state index < -0.39 is 15.6 Å². The molecule has 0 saturated heterocycles. The lowest BCUT2D eigenvalue weighted by molar-refractivity contribution is 0.369. The van der Waals surface area contributed by atoms with E-state index in [2.05, 4.69) is 9.71 Å². The second-order valence-corrected chi connectivity index (χ2v) is 8.46. The molecule has 0 radical (unpaired) electrons. The van der Waals surface area contributed by atoms with Gasteiger partial charge in [0.2, 0.25) is 0 Å². The summed E-state index contributed by atoms with van der Waals surface area (Å²) in [6, 6.07) is 0. The smallest absolute Gasteiger partial charge is 0.259 e. The van der Waals surface area contributed by atoms with Gasteiger partial charge in [0.1, 0.15) is 5.82 Å². The van der Waals surface area contributed by atoms with Gasteiger partial charge in [0.25, 0.3) is 10.0 Å². The minimum Gasteiger partial charge on any atom is -0.333 e. The molecule has 0 unspecified atom stereocenters. The largest absolute Gasteiger partial charge is 0.333 e. The van der Waals surface area contributed by atoms with Crippen LogP contribution in [0.25, 0.3) is 0 Å². The Kier molecular flexibility index (Phi) is 6.10. The number of aryl methyl sites for hydroxylation is 2. The zero-order chi connectivity index (χ0) is 15.6. The summed E-state index contributed by atoms with van der Waals surface area (Å²) in [6.07, 6.45) is 11.0. The standard InChI is InChI=1S/C15H26N4O2S.ClH/c16-15(8-4-1-2-5-9-15)12-17-22(20,21)14-11-19-10-6-3-7-13(19)18-14;/h11,17H,1-10,12,16H2;1H. The summed E-state index contributed by atoms with van der Waals surface area (Å²) in [5.74, 6) is 0.878. The van der Waals surface area contributed by atoms with Crippen LogP contribution in [0, 0.1) is 0 Å². The van der Waals surface area contributed by atoms with Gasteiger partial charge in [-0.25, -0.2) is 18.1 Å². The van der Waals surface area contributed by atoms with Gasteiger partial charge in [-0.1, -0.05) is 25.7 Å². The van der Waals surface area contributed by atoms with Crippen LogP contribution in [0.4, 0.5) is 0 Å². The Hall–Kier alpha value is -0.630. The van der Waals surface area contributed by atoms with Gasteiger partial charge in [-0.3, -0.25) is 0 Å². The lowest BCUT2D eigenvalue weighted by atomic mass is 9.92. The molecule has 132 valence electrons. The summed E-state index contributed by atoms with van der Waals surface area (Å²) < 4.78 is 29.6. The lowest BCUT2D eigenvalue weighted by Gasteiger charge is -2.27. The van der Waals surface area contributed by atoms with Gasteiger partial charge in [-0.2, -0.15) is 0 Å². The van der Waals surface area contributed by atoms with Crippen molar-refractivity contribution in [3.05, 3.63) is 12.0 Å². The van der Waals surface area contributed by atoms with E-state index in [0.29, 0.717) is 6.54 Å². The van der Waals surface area contributed by atoms with Crippen molar-refractivity contribution in [3.8, 4) is 0 Å². The summed E-state index contributed by atoms with van der Waals surface area (Å²) in [5, 5.41) is 0.140. The quantitative estimate of drug-likeness (QED) is 0.801. The highest BCUT2D eigenvalue weighted by atomic mass is 35.5. The number of aromatic nitrogens is 2. The Balaban J connectivity index is 0.00000192. The van der Waals surface area contributed by atoms with E-state index in [9.17, 15) is 8.42 Å². The minimum atomic E-state index is -3.57. The first-order valence-corrected chi connectivity index (χ1v) is 9.82. The Morgan fingerprint density at radius 1 is 1.17 bits per heavy atom. The lowest BCUT2D eigenvalue weighted by Crippen LogP contribution is -2.49. The molecule has 6 nitrogen and oxygen atoms in total. The fraction of sp³-hybridized carbons (Fsp3) is 0.800. The molecule has 23 heavy (non-hydrogen) atoms. The van der Waals surface area contributed by atoms with Gasteiger partial charge < -0.3 is 10.3 Å². The third-order valence-corrected chi connectivity index (χ3v) is 6.15. The van der Waals surface area contributed by atoms with Crippen molar-refractivity contribution in [1.29, 1.82) is 0 Å². The van der Waals surface area contributed by atoms with Crippen LogP contribution < -0.4 is 10.5 Å². The number of nitrogens with zero attached hydrogens (tertiary/aromatic N) is 2. The summed E-state index contributed by atoms with van der Waals surface area (Å²) in [7, 11) is -3.57. The molecule has 0 bridgehead atoms. The summed E-state index contributed by atoms with van der Waals surface area (Å²) >= 11 is 0. The van der Waals surface area contributed by atoms with E-state index >= 15 is 0 Å². The van der Waals surface area contributed by atoms with Gasteiger partial charge >= 0.3 is 0 Å². The zero-order valence-corrected chi connectivity index (χ0v) is 15.1. The Labute approximate surface area is 144 Å². The number of imidazole rings is 1. The van der Waals surface area contributed by atoms with Crippen LogP contribution in [0.1, 0.15) is 57.2 Å². The molecule has 1 aromatic heterocycles. The van der Waals surface area contributed by atoms with Gasteiger partial charge in [-0.05, 0) is 25.7 Å². The van der Waals surface area contributed by atoms with Crippen LogP contribution in [0.3, 0.4) is 0 Å². The van der Waals surface area contributed by atoms with Gasteiger partial charge in [0, 0.05) is 31.2 Å². The topological polar surface area (TPSA) is 90.0 Å². The monoisotopic (exact) mass is 362 g/mol. The normalized spacial score (nSPS) is 21.1. The number of halogens is 1. The Morgan fingerprint density at radius 3 is 2.52 bits per heavy atom. The Bertz CT molecular complexity index is 598. The molecule has 2 aliphatic rings. The van der Waals surface area contributed by atoms with Crippen LogP contribution in [-0.2, 0) is 23.0 Å². The van der Waals surface area contributed by atoms with Crippen LogP contribution in [-0.4, -0.2) is 30.1 Å². The third kappa shape index (κ3) is 4.47. The van der Waals surface area contributed by atoms with E-state index in [1.54, 1.807) is 6.20 Å². The van der Waals surface area contributed by atoms with Crippen molar-refractivity contribution >= 4 is 22.4 Å². The fourth-order valence-corrected chi connectivity index (χ4v) is 4.56. The zero-order valence-electron chi connectivity index (χ0n) is 13.5. The van der Waals surface area contributed by atoms with Crippen molar-refractivity contribution in [2.75, 3.05) is 6.54 Å². The molecule has 1 aliphatic carbocycles. The number of nitrogens with one attached hydrogen (secondary N) is 1. The van der Waals surface area contributed by atoms with E-state index in [1.807, 2.05) is 4.57 Å². The molecule has 0 aromatic carbocycles. The SMILES string of the molecule is Cl.NC1(CNS(=O)(=O)c2cn3c(n2)CCCC3)CCCCCC1. The number of nitrogens with two attached hydrogens (primary N) is 1. The fourth-order valence-electron chi connectivity index (χ4n) is 3.44. The van der Waals surface area contributed by atoms with Crippen molar-refractivity contribution in [1.82, 2.24) is 14.3 Å². The number of hydrogen-bond donors (Lipinski definition) is 2. The molecule has 0 spiro atoms. The average molecular weight is 363 g/mol. The number of hydrogen-bond acceptors (Lipinski definition) is 4.